The summed E-state index contributed by atoms with van der Waals surface area (Å²) in [7, 11) is 0. The van der Waals surface area contributed by atoms with Gasteiger partial charge in [0.15, 0.2) is 0 Å². The van der Waals surface area contributed by atoms with E-state index in [-0.39, 0.29) is 11.1 Å². The highest BCUT2D eigenvalue weighted by molar-refractivity contribution is 5.92. The quantitative estimate of drug-likeness (QED) is 0.460. The van der Waals surface area contributed by atoms with Gasteiger partial charge in [-0.1, -0.05) is 30.7 Å². The Labute approximate surface area is 159 Å². The number of fused-ring (bicyclic) bond motifs is 1. The van der Waals surface area contributed by atoms with Gasteiger partial charge in [0.05, 0.1) is 5.92 Å². The second-order valence-corrected chi connectivity index (χ2v) is 7.03. The third kappa shape index (κ3) is 5.18. The molecule has 2 rings (SSSR count). The van der Waals surface area contributed by atoms with Gasteiger partial charge < -0.3 is 14.6 Å². The second kappa shape index (κ2) is 8.84. The Bertz CT molecular complexity index is 740. The van der Waals surface area contributed by atoms with Gasteiger partial charge in [-0.05, 0) is 39.2 Å². The zero-order valence-corrected chi connectivity index (χ0v) is 16.0. The van der Waals surface area contributed by atoms with E-state index in [9.17, 15) is 19.5 Å². The number of carbonyl (C=O) groups is 3. The number of allylic oxidation sites excluding steroid dienone is 2. The van der Waals surface area contributed by atoms with Crippen LogP contribution in [0.2, 0.25) is 0 Å². The van der Waals surface area contributed by atoms with Gasteiger partial charge in [0.1, 0.15) is 12.2 Å². The van der Waals surface area contributed by atoms with Crippen molar-refractivity contribution in [1.82, 2.24) is 0 Å². The molecule has 0 radical (unpaired) electrons. The number of aliphatic carboxylic acids is 1. The molecule has 0 aromatic rings. The molecule has 1 heterocycles. The Balaban J connectivity index is 2.41. The van der Waals surface area contributed by atoms with Gasteiger partial charge in [-0.15, -0.1) is 0 Å². The summed E-state index contributed by atoms with van der Waals surface area (Å²) >= 11 is 0. The molecule has 1 aliphatic carbocycles. The van der Waals surface area contributed by atoms with E-state index < -0.39 is 36.0 Å². The predicted molar refractivity (Wildman–Crippen MR) is 99.8 cm³/mol. The van der Waals surface area contributed by atoms with Crippen LogP contribution in [0, 0.1) is 5.92 Å². The van der Waals surface area contributed by atoms with Crippen molar-refractivity contribution >= 4 is 17.9 Å². The first-order valence-corrected chi connectivity index (χ1v) is 9.10. The van der Waals surface area contributed by atoms with Crippen LogP contribution in [0.25, 0.3) is 0 Å². The Kier molecular flexibility index (Phi) is 6.77. The molecule has 146 valence electrons. The van der Waals surface area contributed by atoms with Crippen LogP contribution in [0.5, 0.6) is 0 Å². The summed E-state index contributed by atoms with van der Waals surface area (Å²) in [4.78, 5) is 35.9. The highest BCUT2D eigenvalue weighted by Crippen LogP contribution is 2.36. The number of hydrogen-bond acceptors (Lipinski definition) is 5. The molecule has 1 fully saturated rings. The smallest absolute Gasteiger partial charge is 0.334 e. The summed E-state index contributed by atoms with van der Waals surface area (Å²) in [5.74, 6) is -2.75. The number of carboxylic acids is 1. The van der Waals surface area contributed by atoms with Crippen molar-refractivity contribution in [2.75, 3.05) is 0 Å². The largest absolute Gasteiger partial charge is 0.478 e. The summed E-state index contributed by atoms with van der Waals surface area (Å²) in [5.41, 5.74) is 2.21. The molecule has 0 amide bonds. The van der Waals surface area contributed by atoms with Crippen LogP contribution in [-0.4, -0.2) is 35.2 Å². The molecule has 0 saturated carbocycles. The van der Waals surface area contributed by atoms with E-state index in [0.29, 0.717) is 19.3 Å². The van der Waals surface area contributed by atoms with Crippen molar-refractivity contribution in [3.8, 4) is 0 Å². The summed E-state index contributed by atoms with van der Waals surface area (Å²) in [6.45, 7) is 9.47. The standard InChI is InChI=1S/C21H26O6/c1-5-12(2)10-18(22)26-16-9-13(3)7-6-8-15(20(23)24)11-17-19(16)14(4)21(25)27-17/h7,10-11,16-17,19H,4-6,8-9H2,1-3H3,(H,23,24)/b12-10+,13-7-,15-11+/t16-,17-,19-/m1/s1. The molecule has 1 N–H and O–H groups in total. The van der Waals surface area contributed by atoms with E-state index in [1.807, 2.05) is 26.8 Å². The van der Waals surface area contributed by atoms with Crippen LogP contribution < -0.4 is 0 Å². The minimum atomic E-state index is -1.05. The minimum absolute atomic E-state index is 0.172. The van der Waals surface area contributed by atoms with Gasteiger partial charge in [-0.3, -0.25) is 0 Å². The fraction of sp³-hybridized carbons (Fsp3) is 0.476. The van der Waals surface area contributed by atoms with Crippen LogP contribution in [0.15, 0.2) is 47.1 Å². The zero-order valence-electron chi connectivity index (χ0n) is 16.0. The normalized spacial score (nSPS) is 30.3. The predicted octanol–water partition coefficient (Wildman–Crippen LogP) is 3.49. The highest BCUT2D eigenvalue weighted by atomic mass is 16.6. The molecular weight excluding hydrogens is 348 g/mol. The Morgan fingerprint density at radius 1 is 1.44 bits per heavy atom. The molecule has 1 aliphatic heterocycles. The Morgan fingerprint density at radius 3 is 2.78 bits per heavy atom. The van der Waals surface area contributed by atoms with Gasteiger partial charge in [0.25, 0.3) is 0 Å². The maximum absolute atomic E-state index is 12.3. The first kappa shape index (κ1) is 20.7. The van der Waals surface area contributed by atoms with E-state index in [2.05, 4.69) is 6.58 Å². The molecule has 0 aromatic heterocycles. The number of carbonyl (C=O) groups excluding carboxylic acids is 2. The lowest BCUT2D eigenvalue weighted by molar-refractivity contribution is -0.146. The lowest BCUT2D eigenvalue weighted by Gasteiger charge is -2.27. The van der Waals surface area contributed by atoms with Gasteiger partial charge >= 0.3 is 17.9 Å². The number of hydrogen-bond donors (Lipinski definition) is 1. The molecular formula is C21H26O6. The zero-order chi connectivity index (χ0) is 20.1. The SMILES string of the molecule is C=C1C(=O)O[C@@H]2/C=C(/C(=O)O)CC/C=C(/C)C[C@@H](OC(=O)/C=C(\C)CC)[C@@H]12. The summed E-state index contributed by atoms with van der Waals surface area (Å²) in [5, 5.41) is 9.43. The van der Waals surface area contributed by atoms with Crippen LogP contribution in [0.4, 0.5) is 0 Å². The molecule has 0 aromatic carbocycles. The Morgan fingerprint density at radius 2 is 2.15 bits per heavy atom. The van der Waals surface area contributed by atoms with Gasteiger partial charge in [0, 0.05) is 23.6 Å². The van der Waals surface area contributed by atoms with E-state index in [1.54, 1.807) is 0 Å². The van der Waals surface area contributed by atoms with E-state index in [1.165, 1.54) is 12.2 Å². The van der Waals surface area contributed by atoms with Crippen LogP contribution >= 0.6 is 0 Å². The van der Waals surface area contributed by atoms with Gasteiger partial charge in [-0.25, -0.2) is 14.4 Å². The number of rotatable bonds is 4. The maximum Gasteiger partial charge on any atom is 0.334 e. The third-order valence-electron chi connectivity index (χ3n) is 4.92. The summed E-state index contributed by atoms with van der Waals surface area (Å²) in [6.07, 6.45) is 5.39. The molecule has 0 spiro atoms. The van der Waals surface area contributed by atoms with E-state index in [0.717, 1.165) is 17.6 Å². The topological polar surface area (TPSA) is 89.9 Å². The van der Waals surface area contributed by atoms with Crippen molar-refractivity contribution in [1.29, 1.82) is 0 Å². The van der Waals surface area contributed by atoms with Crippen molar-refractivity contribution in [3.05, 3.63) is 47.1 Å². The average molecular weight is 374 g/mol. The molecule has 6 heteroatoms. The molecule has 3 atom stereocenters. The van der Waals surface area contributed by atoms with Crippen LogP contribution in [0.3, 0.4) is 0 Å². The lowest BCUT2D eigenvalue weighted by Crippen LogP contribution is -2.33. The fourth-order valence-electron chi connectivity index (χ4n) is 3.24. The lowest BCUT2D eigenvalue weighted by atomic mass is 9.85. The number of esters is 2. The molecule has 0 bridgehead atoms. The summed E-state index contributed by atoms with van der Waals surface area (Å²) in [6, 6.07) is 0. The van der Waals surface area contributed by atoms with E-state index >= 15 is 0 Å². The molecule has 27 heavy (non-hydrogen) atoms. The average Bonchev–Trinajstić information content (AvgIpc) is 2.86. The van der Waals surface area contributed by atoms with Gasteiger partial charge in [-0.2, -0.15) is 0 Å². The van der Waals surface area contributed by atoms with Crippen molar-refractivity contribution in [3.63, 3.8) is 0 Å². The summed E-state index contributed by atoms with van der Waals surface area (Å²) < 4.78 is 11.0. The molecule has 2 aliphatic rings. The highest BCUT2D eigenvalue weighted by Gasteiger charge is 2.44. The minimum Gasteiger partial charge on any atom is -0.478 e. The van der Waals surface area contributed by atoms with Crippen molar-refractivity contribution in [2.45, 2.75) is 58.7 Å². The monoisotopic (exact) mass is 374 g/mol. The van der Waals surface area contributed by atoms with Crippen LogP contribution in [0.1, 0.15) is 46.5 Å². The molecule has 0 unspecified atom stereocenters. The van der Waals surface area contributed by atoms with E-state index in [4.69, 9.17) is 9.47 Å². The first-order valence-electron chi connectivity index (χ1n) is 9.10. The maximum atomic E-state index is 12.3. The molecule has 6 nitrogen and oxygen atoms in total. The van der Waals surface area contributed by atoms with Gasteiger partial charge in [0.2, 0.25) is 0 Å². The fourth-order valence-corrected chi connectivity index (χ4v) is 3.24. The van der Waals surface area contributed by atoms with Crippen LogP contribution in [-0.2, 0) is 23.9 Å². The Hall–Kier alpha value is -2.63. The second-order valence-electron chi connectivity index (χ2n) is 7.03. The number of ether oxygens (including phenoxy) is 2. The third-order valence-corrected chi connectivity index (χ3v) is 4.92. The molecule has 1 saturated heterocycles. The van der Waals surface area contributed by atoms with Crippen molar-refractivity contribution < 1.29 is 29.0 Å². The first-order chi connectivity index (χ1) is 12.7. The number of carboxylic acid groups (broad SMARTS) is 1. The van der Waals surface area contributed by atoms with Crippen molar-refractivity contribution in [2.24, 2.45) is 5.92 Å².